The Labute approximate surface area is 159 Å². The van der Waals surface area contributed by atoms with Crippen LogP contribution in [-0.2, 0) is 28.4 Å². The molecule has 0 radical (unpaired) electrons. The highest BCUT2D eigenvalue weighted by Gasteiger charge is 2.06. The third kappa shape index (κ3) is 20.1. The zero-order valence-corrected chi connectivity index (χ0v) is 16.7. The Morgan fingerprint density at radius 2 is 0.885 bits per heavy atom. The molecular formula is C20H36O6. The van der Waals surface area contributed by atoms with E-state index in [2.05, 4.69) is 26.3 Å². The maximum absolute atomic E-state index is 5.41. The third-order valence-corrected chi connectivity index (χ3v) is 2.79. The molecule has 0 heterocycles. The Bertz CT molecular complexity index is 324. The van der Waals surface area contributed by atoms with Crippen molar-refractivity contribution in [2.75, 3.05) is 26.4 Å². The fourth-order valence-electron chi connectivity index (χ4n) is 1.51. The standard InChI is InChI=1S/2C10H18O3/c2*1-5-11-7-9(3)13-8-10(4)12-6-2/h2*5-6,9-10H,1-2,7-8H2,3-4H3. The predicted molar refractivity (Wildman–Crippen MR) is 105 cm³/mol. The summed E-state index contributed by atoms with van der Waals surface area (Å²) in [5, 5.41) is 0. The lowest BCUT2D eigenvalue weighted by molar-refractivity contribution is -0.0242. The summed E-state index contributed by atoms with van der Waals surface area (Å²) >= 11 is 0. The lowest BCUT2D eigenvalue weighted by Crippen LogP contribution is -2.21. The van der Waals surface area contributed by atoms with Crippen molar-refractivity contribution in [3.05, 3.63) is 51.4 Å². The summed E-state index contributed by atoms with van der Waals surface area (Å²) in [6.45, 7) is 23.6. The molecule has 0 N–H and O–H groups in total. The van der Waals surface area contributed by atoms with Gasteiger partial charge in [0.2, 0.25) is 0 Å². The SMILES string of the molecule is C=COCC(C)OCC(C)OC=C.C=COCC(C)OCC(C)OC=C. The van der Waals surface area contributed by atoms with Crippen molar-refractivity contribution in [2.45, 2.75) is 52.1 Å². The van der Waals surface area contributed by atoms with E-state index in [0.29, 0.717) is 26.4 Å². The fourth-order valence-corrected chi connectivity index (χ4v) is 1.51. The molecule has 0 aromatic rings. The number of hydrogen-bond donors (Lipinski definition) is 0. The molecular weight excluding hydrogens is 336 g/mol. The minimum atomic E-state index is 0.0312. The highest BCUT2D eigenvalue weighted by molar-refractivity contribution is 4.60. The average molecular weight is 373 g/mol. The first-order chi connectivity index (χ1) is 12.4. The van der Waals surface area contributed by atoms with Gasteiger partial charge in [0, 0.05) is 0 Å². The van der Waals surface area contributed by atoms with Gasteiger partial charge in [0.15, 0.2) is 0 Å². The summed E-state index contributed by atoms with van der Waals surface area (Å²) in [5.41, 5.74) is 0. The molecule has 0 aliphatic heterocycles. The monoisotopic (exact) mass is 372 g/mol. The second-order valence-corrected chi connectivity index (χ2v) is 5.51. The molecule has 0 spiro atoms. The molecule has 0 aromatic heterocycles. The van der Waals surface area contributed by atoms with E-state index in [4.69, 9.17) is 28.4 Å². The van der Waals surface area contributed by atoms with Crippen molar-refractivity contribution in [1.29, 1.82) is 0 Å². The molecule has 0 rings (SSSR count). The summed E-state index contributed by atoms with van der Waals surface area (Å²) < 4.78 is 30.9. The Hall–Kier alpha value is -1.92. The Morgan fingerprint density at radius 3 is 1.15 bits per heavy atom. The maximum Gasteiger partial charge on any atom is 0.118 e. The summed E-state index contributed by atoms with van der Waals surface area (Å²) in [6, 6.07) is 0. The molecule has 0 fully saturated rings. The van der Waals surface area contributed by atoms with Crippen LogP contribution >= 0.6 is 0 Å². The zero-order valence-electron chi connectivity index (χ0n) is 16.7. The van der Waals surface area contributed by atoms with E-state index in [1.807, 2.05) is 27.7 Å². The van der Waals surface area contributed by atoms with Crippen LogP contribution in [0.1, 0.15) is 27.7 Å². The van der Waals surface area contributed by atoms with E-state index >= 15 is 0 Å². The molecule has 0 aliphatic rings. The van der Waals surface area contributed by atoms with Crippen molar-refractivity contribution in [3.63, 3.8) is 0 Å². The van der Waals surface area contributed by atoms with Crippen molar-refractivity contribution < 1.29 is 28.4 Å². The van der Waals surface area contributed by atoms with E-state index in [-0.39, 0.29) is 24.4 Å². The lowest BCUT2D eigenvalue weighted by Gasteiger charge is -2.16. The molecule has 0 saturated carbocycles. The average Bonchev–Trinajstić information content (AvgIpc) is 2.62. The highest BCUT2D eigenvalue weighted by atomic mass is 16.6. The second kappa shape index (κ2) is 19.4. The van der Waals surface area contributed by atoms with Crippen LogP contribution in [0.15, 0.2) is 51.4 Å². The van der Waals surface area contributed by atoms with E-state index < -0.39 is 0 Å². The van der Waals surface area contributed by atoms with Gasteiger partial charge in [0.1, 0.15) is 25.4 Å². The predicted octanol–water partition coefficient (Wildman–Crippen LogP) is 4.20. The molecule has 0 aliphatic carbocycles. The van der Waals surface area contributed by atoms with Gasteiger partial charge < -0.3 is 28.4 Å². The second-order valence-electron chi connectivity index (χ2n) is 5.51. The first-order valence-electron chi connectivity index (χ1n) is 8.62. The van der Waals surface area contributed by atoms with Gasteiger partial charge in [-0.05, 0) is 27.7 Å². The van der Waals surface area contributed by atoms with Crippen LogP contribution in [0.4, 0.5) is 0 Å². The highest BCUT2D eigenvalue weighted by Crippen LogP contribution is 1.98. The number of ether oxygens (including phenoxy) is 6. The molecule has 0 saturated heterocycles. The quantitative estimate of drug-likeness (QED) is 0.379. The van der Waals surface area contributed by atoms with Gasteiger partial charge in [-0.25, -0.2) is 0 Å². The Morgan fingerprint density at radius 1 is 0.538 bits per heavy atom. The first-order valence-corrected chi connectivity index (χ1v) is 8.62. The molecule has 0 aromatic carbocycles. The van der Waals surface area contributed by atoms with E-state index in [9.17, 15) is 0 Å². The Kier molecular flexibility index (Phi) is 19.6. The summed E-state index contributed by atoms with van der Waals surface area (Å²) in [5.74, 6) is 0. The molecule has 4 atom stereocenters. The van der Waals surface area contributed by atoms with Crippen LogP contribution < -0.4 is 0 Å². The zero-order chi connectivity index (χ0) is 20.2. The fraction of sp³-hybridized carbons (Fsp3) is 0.600. The minimum Gasteiger partial charge on any atom is -0.499 e. The molecule has 26 heavy (non-hydrogen) atoms. The lowest BCUT2D eigenvalue weighted by atomic mass is 10.4. The van der Waals surface area contributed by atoms with Crippen molar-refractivity contribution in [1.82, 2.24) is 0 Å². The van der Waals surface area contributed by atoms with Crippen LogP contribution in [0.2, 0.25) is 0 Å². The van der Waals surface area contributed by atoms with Crippen LogP contribution in [0.5, 0.6) is 0 Å². The molecule has 6 heteroatoms. The largest absolute Gasteiger partial charge is 0.499 e. The topological polar surface area (TPSA) is 55.4 Å². The maximum atomic E-state index is 5.41. The van der Waals surface area contributed by atoms with Gasteiger partial charge in [-0.3, -0.25) is 0 Å². The van der Waals surface area contributed by atoms with Gasteiger partial charge in [0.05, 0.1) is 50.5 Å². The normalized spacial score (nSPS) is 14.3. The van der Waals surface area contributed by atoms with Gasteiger partial charge in [0.25, 0.3) is 0 Å². The first kappa shape index (κ1) is 26.3. The van der Waals surface area contributed by atoms with Crippen LogP contribution in [-0.4, -0.2) is 50.8 Å². The summed E-state index contributed by atoms with van der Waals surface area (Å²) in [4.78, 5) is 0. The third-order valence-electron chi connectivity index (χ3n) is 2.79. The molecule has 0 bridgehead atoms. The van der Waals surface area contributed by atoms with Crippen LogP contribution in [0.3, 0.4) is 0 Å². The summed E-state index contributed by atoms with van der Waals surface area (Å²) in [7, 11) is 0. The minimum absolute atomic E-state index is 0.0312. The van der Waals surface area contributed by atoms with Gasteiger partial charge in [-0.15, -0.1) is 0 Å². The molecule has 4 unspecified atom stereocenters. The molecule has 0 amide bonds. The van der Waals surface area contributed by atoms with Gasteiger partial charge in [-0.1, -0.05) is 26.3 Å². The molecule has 152 valence electrons. The van der Waals surface area contributed by atoms with Gasteiger partial charge >= 0.3 is 0 Å². The van der Waals surface area contributed by atoms with E-state index in [0.717, 1.165) is 0 Å². The smallest absolute Gasteiger partial charge is 0.118 e. The molecule has 6 nitrogen and oxygen atoms in total. The van der Waals surface area contributed by atoms with Crippen molar-refractivity contribution >= 4 is 0 Å². The van der Waals surface area contributed by atoms with E-state index in [1.54, 1.807) is 0 Å². The van der Waals surface area contributed by atoms with E-state index in [1.165, 1.54) is 25.0 Å². The van der Waals surface area contributed by atoms with Crippen molar-refractivity contribution in [3.8, 4) is 0 Å². The Balaban J connectivity index is 0. The number of rotatable bonds is 16. The summed E-state index contributed by atoms with van der Waals surface area (Å²) in [6.07, 6.45) is 5.81. The van der Waals surface area contributed by atoms with Crippen LogP contribution in [0, 0.1) is 0 Å². The van der Waals surface area contributed by atoms with Crippen molar-refractivity contribution in [2.24, 2.45) is 0 Å². The van der Waals surface area contributed by atoms with Gasteiger partial charge in [-0.2, -0.15) is 0 Å². The van der Waals surface area contributed by atoms with Crippen LogP contribution in [0.25, 0.3) is 0 Å². The number of hydrogen-bond acceptors (Lipinski definition) is 6.